The molecule has 1 saturated heterocycles. The number of thiophene rings is 1. The molecule has 0 aliphatic carbocycles. The Bertz CT molecular complexity index is 949. The van der Waals surface area contributed by atoms with Crippen LogP contribution < -0.4 is 10.1 Å². The molecule has 30 heavy (non-hydrogen) atoms. The molecule has 1 aliphatic heterocycles. The van der Waals surface area contributed by atoms with E-state index in [0.29, 0.717) is 17.5 Å². The summed E-state index contributed by atoms with van der Waals surface area (Å²) in [5.41, 5.74) is 0.730. The van der Waals surface area contributed by atoms with Gasteiger partial charge in [-0.05, 0) is 62.5 Å². The number of piperidine rings is 1. The molecular weight excluding hydrogens is 400 g/mol. The third kappa shape index (κ3) is 5.06. The van der Waals surface area contributed by atoms with Crippen molar-refractivity contribution in [3.05, 3.63) is 47.7 Å². The molecular formula is C22H26N4O3S. The van der Waals surface area contributed by atoms with Crippen LogP contribution in [0.1, 0.15) is 25.2 Å². The van der Waals surface area contributed by atoms with E-state index in [2.05, 4.69) is 20.4 Å². The average Bonchev–Trinajstić information content (AvgIpc) is 3.47. The highest BCUT2D eigenvalue weighted by atomic mass is 32.1. The summed E-state index contributed by atoms with van der Waals surface area (Å²) in [5, 5.41) is 9.08. The van der Waals surface area contributed by atoms with Crippen LogP contribution in [0.25, 0.3) is 10.7 Å². The standard InChI is InChI=1S/C22H26N4O3S/c1-28-18-7-3-2-6-17(18)23-22(27)16-10-13-26(14-11-16)12-4-9-20-24-21(25-29-20)19-8-5-15-30-19/h2-3,5-8,15-16H,4,9-14H2,1H3,(H,23,27). The third-order valence-corrected chi connectivity index (χ3v) is 6.26. The zero-order valence-electron chi connectivity index (χ0n) is 17.0. The fourth-order valence-electron chi connectivity index (χ4n) is 3.72. The Kier molecular flexibility index (Phi) is 6.76. The fraction of sp³-hybridized carbons (Fsp3) is 0.409. The molecule has 1 amide bonds. The molecule has 0 spiro atoms. The number of methoxy groups -OCH3 is 1. The summed E-state index contributed by atoms with van der Waals surface area (Å²) in [5.74, 6) is 2.15. The number of aromatic nitrogens is 2. The third-order valence-electron chi connectivity index (χ3n) is 5.40. The van der Waals surface area contributed by atoms with Gasteiger partial charge >= 0.3 is 0 Å². The molecule has 0 radical (unpaired) electrons. The van der Waals surface area contributed by atoms with Crippen LogP contribution in [0.5, 0.6) is 5.75 Å². The molecule has 3 heterocycles. The minimum Gasteiger partial charge on any atom is -0.495 e. The minimum atomic E-state index is 0.0375. The summed E-state index contributed by atoms with van der Waals surface area (Å²) in [6, 6.07) is 11.5. The van der Waals surface area contributed by atoms with Gasteiger partial charge in [-0.15, -0.1) is 11.3 Å². The Morgan fingerprint density at radius 3 is 2.87 bits per heavy atom. The van der Waals surface area contributed by atoms with Crippen LogP contribution in [0, 0.1) is 5.92 Å². The lowest BCUT2D eigenvalue weighted by molar-refractivity contribution is -0.121. The summed E-state index contributed by atoms with van der Waals surface area (Å²) >= 11 is 1.61. The van der Waals surface area contributed by atoms with Crippen molar-refractivity contribution in [1.29, 1.82) is 0 Å². The first-order chi connectivity index (χ1) is 14.7. The number of nitrogens with one attached hydrogen (secondary N) is 1. The second kappa shape index (κ2) is 9.86. The predicted octanol–water partition coefficient (Wildman–Crippen LogP) is 4.09. The van der Waals surface area contributed by atoms with Crippen molar-refractivity contribution in [1.82, 2.24) is 15.0 Å². The number of amides is 1. The second-order valence-corrected chi connectivity index (χ2v) is 8.35. The average molecular weight is 427 g/mol. The number of rotatable bonds is 8. The Labute approximate surface area is 180 Å². The Morgan fingerprint density at radius 2 is 2.10 bits per heavy atom. The number of benzene rings is 1. The zero-order chi connectivity index (χ0) is 20.8. The van der Waals surface area contributed by atoms with Crippen molar-refractivity contribution >= 4 is 22.9 Å². The minimum absolute atomic E-state index is 0.0375. The van der Waals surface area contributed by atoms with Crippen LogP contribution in [-0.4, -0.2) is 47.7 Å². The number of hydrogen-bond donors (Lipinski definition) is 1. The lowest BCUT2D eigenvalue weighted by Gasteiger charge is -2.31. The van der Waals surface area contributed by atoms with E-state index < -0.39 is 0 Å². The van der Waals surface area contributed by atoms with Crippen LogP contribution in [0.15, 0.2) is 46.3 Å². The molecule has 0 atom stereocenters. The van der Waals surface area contributed by atoms with Gasteiger partial charge in [-0.2, -0.15) is 4.98 Å². The van der Waals surface area contributed by atoms with Gasteiger partial charge < -0.3 is 19.5 Å². The number of hydrogen-bond acceptors (Lipinski definition) is 7. The second-order valence-electron chi connectivity index (χ2n) is 7.40. The Balaban J connectivity index is 1.19. The van der Waals surface area contributed by atoms with Crippen LogP contribution in [0.2, 0.25) is 0 Å². The van der Waals surface area contributed by atoms with E-state index in [-0.39, 0.29) is 11.8 Å². The maximum absolute atomic E-state index is 12.6. The number of carbonyl (C=O) groups excluding carboxylic acids is 1. The molecule has 1 N–H and O–H groups in total. The summed E-state index contributed by atoms with van der Waals surface area (Å²) in [6.45, 7) is 2.82. The molecule has 2 aromatic heterocycles. The van der Waals surface area contributed by atoms with Crippen LogP contribution >= 0.6 is 11.3 Å². The van der Waals surface area contributed by atoms with Gasteiger partial charge in [0.2, 0.25) is 17.6 Å². The van der Waals surface area contributed by atoms with E-state index in [1.807, 2.05) is 41.8 Å². The number of anilines is 1. The van der Waals surface area contributed by atoms with Gasteiger partial charge in [0.25, 0.3) is 0 Å². The van der Waals surface area contributed by atoms with E-state index in [4.69, 9.17) is 9.26 Å². The zero-order valence-corrected chi connectivity index (χ0v) is 17.9. The van der Waals surface area contributed by atoms with Gasteiger partial charge in [0.1, 0.15) is 5.75 Å². The normalized spacial score (nSPS) is 15.2. The van der Waals surface area contributed by atoms with Crippen molar-refractivity contribution in [2.24, 2.45) is 5.92 Å². The monoisotopic (exact) mass is 426 g/mol. The van der Waals surface area contributed by atoms with Gasteiger partial charge in [0.15, 0.2) is 0 Å². The summed E-state index contributed by atoms with van der Waals surface area (Å²) in [6.07, 6.45) is 3.46. The molecule has 0 unspecified atom stereocenters. The molecule has 1 aromatic carbocycles. The molecule has 4 rings (SSSR count). The number of para-hydroxylation sites is 2. The maximum atomic E-state index is 12.6. The van der Waals surface area contributed by atoms with Gasteiger partial charge in [0.05, 0.1) is 17.7 Å². The molecule has 1 fully saturated rings. The van der Waals surface area contributed by atoms with Crippen molar-refractivity contribution < 1.29 is 14.1 Å². The van der Waals surface area contributed by atoms with Crippen molar-refractivity contribution in [2.45, 2.75) is 25.7 Å². The largest absolute Gasteiger partial charge is 0.495 e. The summed E-state index contributed by atoms with van der Waals surface area (Å²) in [7, 11) is 1.61. The SMILES string of the molecule is COc1ccccc1NC(=O)C1CCN(CCCc2nc(-c3cccs3)no2)CC1. The Hall–Kier alpha value is -2.71. The lowest BCUT2D eigenvalue weighted by Crippen LogP contribution is -2.38. The van der Waals surface area contributed by atoms with E-state index in [0.717, 1.165) is 55.9 Å². The maximum Gasteiger partial charge on any atom is 0.227 e. The van der Waals surface area contributed by atoms with E-state index in [9.17, 15) is 4.79 Å². The first-order valence-electron chi connectivity index (χ1n) is 10.3. The van der Waals surface area contributed by atoms with Crippen molar-refractivity contribution in [3.63, 3.8) is 0 Å². The molecule has 1 aliphatic rings. The first-order valence-corrected chi connectivity index (χ1v) is 11.1. The van der Waals surface area contributed by atoms with Crippen molar-refractivity contribution in [2.75, 3.05) is 32.1 Å². The molecule has 8 heteroatoms. The lowest BCUT2D eigenvalue weighted by atomic mass is 9.95. The summed E-state index contributed by atoms with van der Waals surface area (Å²) in [4.78, 5) is 20.5. The highest BCUT2D eigenvalue weighted by Crippen LogP contribution is 2.26. The van der Waals surface area contributed by atoms with Crippen LogP contribution in [-0.2, 0) is 11.2 Å². The van der Waals surface area contributed by atoms with Gasteiger partial charge in [-0.1, -0.05) is 23.4 Å². The Morgan fingerprint density at radius 1 is 1.27 bits per heavy atom. The number of ether oxygens (including phenoxy) is 1. The van der Waals surface area contributed by atoms with Gasteiger partial charge in [-0.3, -0.25) is 4.79 Å². The van der Waals surface area contributed by atoms with Gasteiger partial charge in [0, 0.05) is 12.3 Å². The van der Waals surface area contributed by atoms with Crippen LogP contribution in [0.4, 0.5) is 5.69 Å². The van der Waals surface area contributed by atoms with E-state index in [1.54, 1.807) is 18.4 Å². The van der Waals surface area contributed by atoms with Crippen molar-refractivity contribution in [3.8, 4) is 16.5 Å². The van der Waals surface area contributed by atoms with E-state index in [1.165, 1.54) is 0 Å². The molecule has 0 bridgehead atoms. The smallest absolute Gasteiger partial charge is 0.227 e. The molecule has 158 valence electrons. The predicted molar refractivity (Wildman–Crippen MR) is 117 cm³/mol. The quantitative estimate of drug-likeness (QED) is 0.584. The number of carbonyl (C=O) groups is 1. The number of likely N-dealkylation sites (tertiary alicyclic amines) is 1. The summed E-state index contributed by atoms with van der Waals surface area (Å²) < 4.78 is 10.7. The highest BCUT2D eigenvalue weighted by molar-refractivity contribution is 7.13. The number of aryl methyl sites for hydroxylation is 1. The van der Waals surface area contributed by atoms with Crippen LogP contribution in [0.3, 0.4) is 0 Å². The molecule has 3 aromatic rings. The topological polar surface area (TPSA) is 80.5 Å². The molecule has 7 nitrogen and oxygen atoms in total. The van der Waals surface area contributed by atoms with Gasteiger partial charge in [-0.25, -0.2) is 0 Å². The van der Waals surface area contributed by atoms with E-state index >= 15 is 0 Å². The fourth-order valence-corrected chi connectivity index (χ4v) is 4.37. The highest BCUT2D eigenvalue weighted by Gasteiger charge is 2.25. The molecule has 0 saturated carbocycles. The first kappa shape index (κ1) is 20.6. The number of nitrogens with zero attached hydrogens (tertiary/aromatic N) is 3.